The molecule has 2 heteroatoms. The van der Waals surface area contributed by atoms with Crippen LogP contribution in [0.25, 0.3) is 0 Å². The van der Waals surface area contributed by atoms with E-state index in [1.807, 2.05) is 0 Å². The molecule has 0 aromatic rings. The summed E-state index contributed by atoms with van der Waals surface area (Å²) in [6, 6.07) is 0. The van der Waals surface area contributed by atoms with E-state index in [2.05, 4.69) is 37.5 Å². The first-order valence-corrected chi connectivity index (χ1v) is 6.98. The van der Waals surface area contributed by atoms with Crippen LogP contribution in [0.4, 0.5) is 0 Å². The Morgan fingerprint density at radius 1 is 0.611 bits per heavy atom. The second-order valence-corrected chi connectivity index (χ2v) is 3.85. The van der Waals surface area contributed by atoms with E-state index in [0.29, 0.717) is 0 Å². The van der Waals surface area contributed by atoms with Gasteiger partial charge in [0.25, 0.3) is 0 Å². The zero-order valence-corrected chi connectivity index (χ0v) is 11.9. The first-order chi connectivity index (χ1) is 8.91. The molecule has 0 N–H and O–H groups in total. The second kappa shape index (κ2) is 16.0. The second-order valence-electron chi connectivity index (χ2n) is 3.85. The Morgan fingerprint density at radius 2 is 1.06 bits per heavy atom. The summed E-state index contributed by atoms with van der Waals surface area (Å²) in [5.41, 5.74) is 0. The molecule has 0 aliphatic rings. The van der Waals surface area contributed by atoms with Gasteiger partial charge in [-0.1, -0.05) is 13.8 Å². The van der Waals surface area contributed by atoms with Crippen molar-refractivity contribution >= 4 is 0 Å². The van der Waals surface area contributed by atoms with Crippen molar-refractivity contribution in [1.29, 1.82) is 0 Å². The van der Waals surface area contributed by atoms with Gasteiger partial charge in [-0.15, -0.1) is 23.7 Å². The van der Waals surface area contributed by atoms with Crippen molar-refractivity contribution in [2.45, 2.75) is 52.4 Å². The molecule has 0 rings (SSSR count). The smallest absolute Gasteiger partial charge is 0.0575 e. The van der Waals surface area contributed by atoms with Crippen molar-refractivity contribution in [1.82, 2.24) is 0 Å². The fourth-order valence-electron chi connectivity index (χ4n) is 1.29. The van der Waals surface area contributed by atoms with Crippen molar-refractivity contribution in [2.24, 2.45) is 0 Å². The van der Waals surface area contributed by atoms with Gasteiger partial charge in [-0.25, -0.2) is 0 Å². The molecule has 0 radical (unpaired) electrons. The van der Waals surface area contributed by atoms with Gasteiger partial charge in [0.05, 0.1) is 13.2 Å². The van der Waals surface area contributed by atoms with E-state index < -0.39 is 0 Å². The van der Waals surface area contributed by atoms with Gasteiger partial charge < -0.3 is 9.47 Å². The molecule has 0 aromatic heterocycles. The third kappa shape index (κ3) is 15.0. The number of hydrogen-bond donors (Lipinski definition) is 0. The molecular formula is C16H26O2. The van der Waals surface area contributed by atoms with Crippen LogP contribution in [0.15, 0.2) is 0 Å². The first kappa shape index (κ1) is 17.0. The van der Waals surface area contributed by atoms with Crippen LogP contribution < -0.4 is 0 Å². The van der Waals surface area contributed by atoms with Gasteiger partial charge in [0.15, 0.2) is 0 Å². The molecule has 102 valence electrons. The molecule has 2 nitrogen and oxygen atoms in total. The molecule has 0 fully saturated rings. The molecule has 0 bridgehead atoms. The normalized spacial score (nSPS) is 9.22. The molecular weight excluding hydrogens is 224 g/mol. The Kier molecular flexibility index (Phi) is 15.2. The van der Waals surface area contributed by atoms with Crippen molar-refractivity contribution in [3.8, 4) is 23.7 Å². The first-order valence-electron chi connectivity index (χ1n) is 6.98. The number of rotatable bonds is 9. The predicted molar refractivity (Wildman–Crippen MR) is 76.2 cm³/mol. The maximum atomic E-state index is 5.46. The van der Waals surface area contributed by atoms with E-state index in [1.165, 1.54) is 0 Å². The summed E-state index contributed by atoms with van der Waals surface area (Å²) >= 11 is 0. The van der Waals surface area contributed by atoms with Crippen LogP contribution in [-0.4, -0.2) is 26.4 Å². The molecule has 0 aliphatic carbocycles. The van der Waals surface area contributed by atoms with Crippen LogP contribution in [0, 0.1) is 23.7 Å². The maximum Gasteiger partial charge on any atom is 0.0575 e. The molecule has 0 amide bonds. The van der Waals surface area contributed by atoms with Crippen LogP contribution in [-0.2, 0) is 9.47 Å². The highest BCUT2D eigenvalue weighted by molar-refractivity contribution is 4.97. The van der Waals surface area contributed by atoms with Crippen molar-refractivity contribution in [2.75, 3.05) is 26.4 Å². The lowest BCUT2D eigenvalue weighted by atomic mass is 10.3. The quantitative estimate of drug-likeness (QED) is 0.461. The average Bonchev–Trinajstić information content (AvgIpc) is 2.39. The van der Waals surface area contributed by atoms with Gasteiger partial charge in [0.1, 0.15) is 0 Å². The predicted octanol–water partition coefficient (Wildman–Crippen LogP) is 3.41. The topological polar surface area (TPSA) is 18.5 Å². The maximum absolute atomic E-state index is 5.46. The number of unbranched alkanes of at least 4 members (excludes halogenated alkanes) is 1. The summed E-state index contributed by atoms with van der Waals surface area (Å²) in [5.74, 6) is 12.2. The van der Waals surface area contributed by atoms with Crippen LogP contribution in [0.1, 0.15) is 52.4 Å². The van der Waals surface area contributed by atoms with Gasteiger partial charge >= 0.3 is 0 Å². The third-order valence-corrected chi connectivity index (χ3v) is 2.17. The summed E-state index contributed by atoms with van der Waals surface area (Å²) in [6.45, 7) is 7.24. The fraction of sp³-hybridized carbons (Fsp3) is 0.750. The largest absolute Gasteiger partial charge is 0.380 e. The molecule has 18 heavy (non-hydrogen) atoms. The van der Waals surface area contributed by atoms with E-state index in [0.717, 1.165) is 65.0 Å². The lowest BCUT2D eigenvalue weighted by Crippen LogP contribution is -2.00. The summed E-state index contributed by atoms with van der Waals surface area (Å²) < 4.78 is 10.9. The van der Waals surface area contributed by atoms with E-state index in [-0.39, 0.29) is 0 Å². The monoisotopic (exact) mass is 250 g/mol. The highest BCUT2D eigenvalue weighted by atomic mass is 16.5. The zero-order valence-electron chi connectivity index (χ0n) is 11.9. The molecule has 0 atom stereocenters. The van der Waals surface area contributed by atoms with Crippen LogP contribution >= 0.6 is 0 Å². The summed E-state index contributed by atoms with van der Waals surface area (Å²) in [5, 5.41) is 0. The lowest BCUT2D eigenvalue weighted by molar-refractivity contribution is 0.108. The average molecular weight is 250 g/mol. The van der Waals surface area contributed by atoms with Gasteiger partial charge in [0, 0.05) is 38.9 Å². The van der Waals surface area contributed by atoms with Gasteiger partial charge in [-0.2, -0.15) is 0 Å². The van der Waals surface area contributed by atoms with Crippen molar-refractivity contribution < 1.29 is 9.47 Å². The molecule has 0 aromatic carbocycles. The minimum atomic E-state index is 0.750. The van der Waals surface area contributed by atoms with Crippen LogP contribution in [0.2, 0.25) is 0 Å². The highest BCUT2D eigenvalue weighted by Gasteiger charge is 1.90. The standard InChI is InChI=1S/C16H26O2/c1-3-5-7-9-13-17-15-11-12-16-18-14-10-8-6-4-2/h3-4,9-16H2,1-2H3. The number of ether oxygens (including phenoxy) is 2. The summed E-state index contributed by atoms with van der Waals surface area (Å²) in [6.07, 6.45) is 5.67. The Hall–Kier alpha value is -0.960. The third-order valence-electron chi connectivity index (χ3n) is 2.17. The number of hydrogen-bond acceptors (Lipinski definition) is 2. The van der Waals surface area contributed by atoms with Crippen molar-refractivity contribution in [3.05, 3.63) is 0 Å². The minimum Gasteiger partial charge on any atom is -0.380 e. The van der Waals surface area contributed by atoms with E-state index >= 15 is 0 Å². The zero-order chi connectivity index (χ0) is 13.3. The van der Waals surface area contributed by atoms with Crippen LogP contribution in [0.5, 0.6) is 0 Å². The van der Waals surface area contributed by atoms with Gasteiger partial charge in [-0.3, -0.25) is 0 Å². The van der Waals surface area contributed by atoms with E-state index in [4.69, 9.17) is 9.47 Å². The van der Waals surface area contributed by atoms with Gasteiger partial charge in [0.2, 0.25) is 0 Å². The van der Waals surface area contributed by atoms with Crippen molar-refractivity contribution in [3.63, 3.8) is 0 Å². The lowest BCUT2D eigenvalue weighted by Gasteiger charge is -2.03. The van der Waals surface area contributed by atoms with Crippen LogP contribution in [0.3, 0.4) is 0 Å². The fourth-order valence-corrected chi connectivity index (χ4v) is 1.29. The SMILES string of the molecule is CCC#CCCOCCCCOCCC#CCC. The molecule has 0 unspecified atom stereocenters. The summed E-state index contributed by atoms with van der Waals surface area (Å²) in [4.78, 5) is 0. The minimum absolute atomic E-state index is 0.750. The molecule has 0 aliphatic heterocycles. The Bertz CT molecular complexity index is 245. The Labute approximate surface area is 112 Å². The van der Waals surface area contributed by atoms with Gasteiger partial charge in [-0.05, 0) is 12.8 Å². The molecule has 0 heterocycles. The molecule has 0 spiro atoms. The summed E-state index contributed by atoms with van der Waals surface area (Å²) in [7, 11) is 0. The Morgan fingerprint density at radius 3 is 1.44 bits per heavy atom. The van der Waals surface area contributed by atoms with E-state index in [9.17, 15) is 0 Å². The molecule has 0 saturated carbocycles. The Balaban J connectivity index is 3.03. The highest BCUT2D eigenvalue weighted by Crippen LogP contribution is 1.93. The van der Waals surface area contributed by atoms with E-state index in [1.54, 1.807) is 0 Å². The molecule has 0 saturated heterocycles.